The number of aromatic nitrogens is 1. The Bertz CT molecular complexity index is 1580. The molecule has 2 N–H and O–H groups in total. The van der Waals surface area contributed by atoms with Crippen molar-refractivity contribution in [3.8, 4) is 28.5 Å². The number of ether oxygens (including phenoxy) is 3. The van der Waals surface area contributed by atoms with Crippen LogP contribution in [-0.4, -0.2) is 46.3 Å². The Morgan fingerprint density at radius 2 is 1.69 bits per heavy atom. The number of carboxylic acid groups (broad SMARTS) is 1. The summed E-state index contributed by atoms with van der Waals surface area (Å²) in [6.07, 6.45) is 0.199. The summed E-state index contributed by atoms with van der Waals surface area (Å²) in [5, 5.41) is 23.1. The largest absolute Gasteiger partial charge is 0.490 e. The Morgan fingerprint density at radius 3 is 2.29 bits per heavy atom. The van der Waals surface area contributed by atoms with Crippen molar-refractivity contribution in [2.24, 2.45) is 0 Å². The predicted molar refractivity (Wildman–Crippen MR) is 152 cm³/mol. The fourth-order valence-electron chi connectivity index (χ4n) is 4.90. The molecule has 3 aromatic carbocycles. The molecule has 4 aromatic rings. The Kier molecular flexibility index (Phi) is 8.28. The number of alkyl carbamates (subject to hydrolysis) is 1. The number of pyridine rings is 1. The van der Waals surface area contributed by atoms with Crippen LogP contribution in [0.25, 0.3) is 11.1 Å². The number of amides is 1. The molecule has 214 valence electrons. The van der Waals surface area contributed by atoms with Crippen LogP contribution < -0.4 is 14.8 Å². The first-order chi connectivity index (χ1) is 20.3. The molecule has 0 saturated heterocycles. The van der Waals surface area contributed by atoms with E-state index in [4.69, 9.17) is 14.2 Å². The molecule has 0 fully saturated rings. The monoisotopic (exact) mass is 569 g/mol. The maximum Gasteiger partial charge on any atom is 0.407 e. The number of fused-ring (bicyclic) bond motifs is 3. The van der Waals surface area contributed by atoms with Crippen LogP contribution in [0.1, 0.15) is 29.5 Å². The lowest BCUT2D eigenvalue weighted by molar-refractivity contribution is -0.385. The summed E-state index contributed by atoms with van der Waals surface area (Å²) < 4.78 is 16.9. The minimum Gasteiger partial charge on any atom is -0.490 e. The molecule has 0 bridgehead atoms. The minimum atomic E-state index is -1.27. The van der Waals surface area contributed by atoms with Crippen molar-refractivity contribution in [2.75, 3.05) is 13.2 Å². The van der Waals surface area contributed by atoms with Crippen LogP contribution in [-0.2, 0) is 16.0 Å². The van der Waals surface area contributed by atoms with Gasteiger partial charge in [-0.1, -0.05) is 54.6 Å². The van der Waals surface area contributed by atoms with Gasteiger partial charge in [-0.25, -0.2) is 14.6 Å². The summed E-state index contributed by atoms with van der Waals surface area (Å²) in [5.41, 5.74) is 4.67. The van der Waals surface area contributed by atoms with E-state index in [9.17, 15) is 24.8 Å². The molecule has 0 spiro atoms. The lowest BCUT2D eigenvalue weighted by Gasteiger charge is -2.18. The van der Waals surface area contributed by atoms with Crippen LogP contribution in [0.3, 0.4) is 0 Å². The minimum absolute atomic E-state index is 0.0460. The fourth-order valence-corrected chi connectivity index (χ4v) is 4.90. The molecule has 1 heterocycles. The van der Waals surface area contributed by atoms with Gasteiger partial charge in [-0.2, -0.15) is 0 Å². The van der Waals surface area contributed by atoms with Crippen molar-refractivity contribution in [1.29, 1.82) is 0 Å². The van der Waals surface area contributed by atoms with Crippen LogP contribution >= 0.6 is 0 Å². The first-order valence-electron chi connectivity index (χ1n) is 13.2. The zero-order valence-electron chi connectivity index (χ0n) is 22.6. The second-order valence-electron chi connectivity index (χ2n) is 9.49. The smallest absolute Gasteiger partial charge is 0.407 e. The van der Waals surface area contributed by atoms with Crippen molar-refractivity contribution in [3.05, 3.63) is 112 Å². The highest BCUT2D eigenvalue weighted by Gasteiger charge is 2.30. The third-order valence-electron chi connectivity index (χ3n) is 6.83. The molecule has 11 heteroatoms. The summed E-state index contributed by atoms with van der Waals surface area (Å²) in [5.74, 6) is -0.650. The lowest BCUT2D eigenvalue weighted by atomic mass is 9.98. The number of hydrogen-bond acceptors (Lipinski definition) is 8. The molecular weight excluding hydrogens is 542 g/mol. The molecule has 1 aliphatic carbocycles. The summed E-state index contributed by atoms with van der Waals surface area (Å²) in [4.78, 5) is 39.0. The Morgan fingerprint density at radius 1 is 1.00 bits per heavy atom. The average molecular weight is 570 g/mol. The van der Waals surface area contributed by atoms with Gasteiger partial charge in [0.1, 0.15) is 18.8 Å². The number of benzene rings is 3. The Labute approximate surface area is 240 Å². The summed E-state index contributed by atoms with van der Waals surface area (Å²) in [7, 11) is 0. The van der Waals surface area contributed by atoms with Crippen LogP contribution in [0.4, 0.5) is 10.5 Å². The van der Waals surface area contributed by atoms with Gasteiger partial charge in [-0.05, 0) is 46.9 Å². The number of carbonyl (C=O) groups is 2. The molecule has 1 amide bonds. The van der Waals surface area contributed by atoms with Gasteiger partial charge < -0.3 is 24.6 Å². The van der Waals surface area contributed by atoms with Crippen molar-refractivity contribution in [3.63, 3.8) is 0 Å². The zero-order chi connectivity index (χ0) is 29.6. The van der Waals surface area contributed by atoms with E-state index in [0.29, 0.717) is 23.7 Å². The fraction of sp³-hybridized carbons (Fsp3) is 0.194. The van der Waals surface area contributed by atoms with E-state index in [1.54, 1.807) is 25.1 Å². The van der Waals surface area contributed by atoms with E-state index in [1.807, 2.05) is 48.5 Å². The topological polar surface area (TPSA) is 150 Å². The van der Waals surface area contributed by atoms with Crippen molar-refractivity contribution < 1.29 is 33.8 Å². The number of hydrogen-bond donors (Lipinski definition) is 2. The highest BCUT2D eigenvalue weighted by atomic mass is 16.6. The van der Waals surface area contributed by atoms with Gasteiger partial charge in [-0.15, -0.1) is 0 Å². The molecule has 5 rings (SSSR count). The maximum atomic E-state index is 12.7. The SMILES string of the molecule is CCOc1cc(CC(NC(=O)OCC2c3ccccc3-c3ccccc32)C(=O)O)ccc1Oc1ccc([N+](=O)[O-])cn1. The second kappa shape index (κ2) is 12.4. The summed E-state index contributed by atoms with van der Waals surface area (Å²) >= 11 is 0. The molecule has 1 unspecified atom stereocenters. The number of carbonyl (C=O) groups excluding carboxylic acids is 1. The molecule has 0 aliphatic heterocycles. The second-order valence-corrected chi connectivity index (χ2v) is 9.49. The number of rotatable bonds is 11. The Hall–Kier alpha value is -5.45. The third-order valence-corrected chi connectivity index (χ3v) is 6.83. The van der Waals surface area contributed by atoms with Gasteiger partial charge in [-0.3, -0.25) is 10.1 Å². The first-order valence-corrected chi connectivity index (χ1v) is 13.2. The summed E-state index contributed by atoms with van der Waals surface area (Å²) in [6.45, 7) is 2.14. The van der Waals surface area contributed by atoms with Crippen LogP contribution in [0.5, 0.6) is 17.4 Å². The molecule has 42 heavy (non-hydrogen) atoms. The van der Waals surface area contributed by atoms with E-state index in [2.05, 4.69) is 10.3 Å². The molecule has 1 aliphatic rings. The average Bonchev–Trinajstić information content (AvgIpc) is 3.31. The molecule has 0 saturated carbocycles. The van der Waals surface area contributed by atoms with Gasteiger partial charge in [0.05, 0.1) is 11.5 Å². The highest BCUT2D eigenvalue weighted by molar-refractivity contribution is 5.81. The number of nitrogens with one attached hydrogen (secondary N) is 1. The van der Waals surface area contributed by atoms with E-state index in [-0.39, 0.29) is 30.5 Å². The van der Waals surface area contributed by atoms with E-state index in [1.165, 1.54) is 12.1 Å². The van der Waals surface area contributed by atoms with E-state index < -0.39 is 23.0 Å². The van der Waals surface area contributed by atoms with Crippen molar-refractivity contribution in [2.45, 2.75) is 25.3 Å². The van der Waals surface area contributed by atoms with Gasteiger partial charge in [0.15, 0.2) is 11.5 Å². The number of carboxylic acids is 1. The maximum absolute atomic E-state index is 12.7. The molecular formula is C31H27N3O8. The van der Waals surface area contributed by atoms with E-state index >= 15 is 0 Å². The van der Waals surface area contributed by atoms with Gasteiger partial charge in [0.2, 0.25) is 5.88 Å². The summed E-state index contributed by atoms with van der Waals surface area (Å²) in [6, 6.07) is 22.1. The number of aliphatic carboxylic acids is 1. The number of nitro groups is 1. The van der Waals surface area contributed by atoms with Gasteiger partial charge in [0.25, 0.3) is 5.69 Å². The van der Waals surface area contributed by atoms with E-state index in [0.717, 1.165) is 28.5 Å². The molecule has 1 aromatic heterocycles. The van der Waals surface area contributed by atoms with Gasteiger partial charge in [0, 0.05) is 24.5 Å². The Balaban J connectivity index is 1.24. The van der Waals surface area contributed by atoms with Crippen molar-refractivity contribution in [1.82, 2.24) is 10.3 Å². The quantitative estimate of drug-likeness (QED) is 0.171. The van der Waals surface area contributed by atoms with Gasteiger partial charge >= 0.3 is 12.1 Å². The third kappa shape index (κ3) is 6.15. The van der Waals surface area contributed by atoms with Crippen molar-refractivity contribution >= 4 is 17.7 Å². The highest BCUT2D eigenvalue weighted by Crippen LogP contribution is 2.44. The first kappa shape index (κ1) is 28.1. The standard InChI is InChI=1S/C31H27N3O8/c1-2-40-28-16-19(11-13-27(28)42-29-14-12-20(17-32-29)34(38)39)15-26(30(35)36)33-31(37)41-18-25-23-9-5-3-7-21(23)22-8-4-6-10-24(22)25/h3-14,16-17,25-26H,2,15,18H2,1H3,(H,33,37)(H,35,36). The normalized spacial score (nSPS) is 12.5. The molecule has 1 atom stereocenters. The van der Waals surface area contributed by atoms with Crippen LogP contribution in [0.15, 0.2) is 85.1 Å². The lowest BCUT2D eigenvalue weighted by Crippen LogP contribution is -2.42. The zero-order valence-corrected chi connectivity index (χ0v) is 22.6. The molecule has 11 nitrogen and oxygen atoms in total. The van der Waals surface area contributed by atoms with Crippen LogP contribution in [0.2, 0.25) is 0 Å². The van der Waals surface area contributed by atoms with Crippen LogP contribution in [0, 0.1) is 10.1 Å². The number of nitrogens with zero attached hydrogens (tertiary/aromatic N) is 2. The predicted octanol–water partition coefficient (Wildman–Crippen LogP) is 5.72. The molecule has 0 radical (unpaired) electrons.